The van der Waals surface area contributed by atoms with Crippen LogP contribution in [0.1, 0.15) is 15.9 Å². The zero-order valence-electron chi connectivity index (χ0n) is 16.9. The van der Waals surface area contributed by atoms with E-state index in [1.54, 1.807) is 17.7 Å². The van der Waals surface area contributed by atoms with Gasteiger partial charge in [0.2, 0.25) is 5.43 Å². The molecule has 1 aliphatic rings. The number of methoxy groups -OCH3 is 1. The van der Waals surface area contributed by atoms with Crippen molar-refractivity contribution in [3.63, 3.8) is 0 Å². The zero-order chi connectivity index (χ0) is 21.3. The normalized spacial score (nSPS) is 13.7. The van der Waals surface area contributed by atoms with Crippen LogP contribution in [0, 0.1) is 5.82 Å². The highest BCUT2D eigenvalue weighted by Crippen LogP contribution is 2.26. The number of nitrogens with one attached hydrogen (secondary N) is 1. The maximum atomic E-state index is 14.9. The highest BCUT2D eigenvalue weighted by atomic mass is 35.5. The summed E-state index contributed by atoms with van der Waals surface area (Å²) >= 11 is 0. The number of piperazine rings is 1. The largest absolute Gasteiger partial charge is 0.497 e. The van der Waals surface area contributed by atoms with Gasteiger partial charge in [-0.15, -0.1) is 12.4 Å². The molecule has 2 heterocycles. The number of nitrogens with zero attached hydrogens (tertiary/aromatic N) is 2. The maximum Gasteiger partial charge on any atom is 0.341 e. The molecule has 1 aromatic heterocycles. The fourth-order valence-electron chi connectivity index (χ4n) is 3.76. The summed E-state index contributed by atoms with van der Waals surface area (Å²) in [5.41, 5.74) is 0.732. The average molecular weight is 448 g/mol. The van der Waals surface area contributed by atoms with Crippen molar-refractivity contribution >= 4 is 35.0 Å². The maximum absolute atomic E-state index is 14.9. The van der Waals surface area contributed by atoms with Crippen LogP contribution in [0.3, 0.4) is 0 Å². The topological polar surface area (TPSA) is 83.8 Å². The predicted octanol–water partition coefficient (Wildman–Crippen LogP) is 2.73. The van der Waals surface area contributed by atoms with Crippen LogP contribution in [0.15, 0.2) is 47.4 Å². The molecule has 0 amide bonds. The number of fused-ring (bicyclic) bond motifs is 1. The molecule has 3 aromatic rings. The number of pyridine rings is 1. The Bertz CT molecular complexity index is 1160. The van der Waals surface area contributed by atoms with E-state index in [1.807, 2.05) is 29.2 Å². The molecule has 1 aliphatic heterocycles. The fraction of sp³-hybridized carbons (Fsp3) is 0.273. The molecule has 0 atom stereocenters. The zero-order valence-corrected chi connectivity index (χ0v) is 17.7. The Labute approximate surface area is 184 Å². The summed E-state index contributed by atoms with van der Waals surface area (Å²) < 4.78 is 21.7. The van der Waals surface area contributed by atoms with Crippen molar-refractivity contribution < 1.29 is 19.0 Å². The molecule has 164 valence electrons. The lowest BCUT2D eigenvalue weighted by molar-refractivity contribution is 0.0695. The third-order valence-electron chi connectivity index (χ3n) is 5.35. The van der Waals surface area contributed by atoms with E-state index in [-0.39, 0.29) is 23.4 Å². The summed E-state index contributed by atoms with van der Waals surface area (Å²) in [4.78, 5) is 26.2. The van der Waals surface area contributed by atoms with Crippen molar-refractivity contribution in [2.24, 2.45) is 0 Å². The van der Waals surface area contributed by atoms with E-state index in [4.69, 9.17) is 4.74 Å². The Kier molecular flexibility index (Phi) is 6.82. The Morgan fingerprint density at radius 2 is 1.87 bits per heavy atom. The minimum atomic E-state index is -1.34. The molecule has 0 aliphatic carbocycles. The van der Waals surface area contributed by atoms with Gasteiger partial charge in [-0.05, 0) is 29.8 Å². The van der Waals surface area contributed by atoms with Crippen molar-refractivity contribution in [3.8, 4) is 5.75 Å². The number of carbonyl (C=O) groups is 1. The van der Waals surface area contributed by atoms with Gasteiger partial charge in [0.05, 0.1) is 18.3 Å². The first kappa shape index (κ1) is 22.6. The molecule has 7 nitrogen and oxygen atoms in total. The molecular weight excluding hydrogens is 425 g/mol. The number of halogens is 2. The molecule has 0 spiro atoms. The minimum Gasteiger partial charge on any atom is -0.497 e. The summed E-state index contributed by atoms with van der Waals surface area (Å²) in [6.45, 7) is 3.12. The Morgan fingerprint density at radius 3 is 2.48 bits per heavy atom. The highest BCUT2D eigenvalue weighted by molar-refractivity contribution is 5.93. The van der Waals surface area contributed by atoms with Gasteiger partial charge in [0.1, 0.15) is 17.1 Å². The van der Waals surface area contributed by atoms with Crippen LogP contribution >= 0.6 is 12.4 Å². The molecular formula is C22H23ClFN3O4. The van der Waals surface area contributed by atoms with Crippen molar-refractivity contribution in [3.05, 3.63) is 69.8 Å². The molecule has 0 bridgehead atoms. The van der Waals surface area contributed by atoms with Gasteiger partial charge in [-0.25, -0.2) is 9.18 Å². The Morgan fingerprint density at radius 1 is 1.19 bits per heavy atom. The number of anilines is 1. The Hall–Kier alpha value is -3.10. The molecule has 0 radical (unpaired) electrons. The van der Waals surface area contributed by atoms with Crippen molar-refractivity contribution in [1.82, 2.24) is 9.88 Å². The Balaban J connectivity index is 0.00000272. The first-order valence-corrected chi connectivity index (χ1v) is 9.66. The number of hydrogen-bond donors (Lipinski definition) is 2. The van der Waals surface area contributed by atoms with Crippen LogP contribution in [0.25, 0.3) is 10.9 Å². The SMILES string of the molecule is COc1ccc(Cn2cc(C(=O)O)c(=O)c3cc(F)c(N4CCNCC4)cc32)cc1.Cl. The first-order chi connectivity index (χ1) is 14.5. The molecule has 0 saturated carbocycles. The number of aromatic carboxylic acids is 1. The van der Waals surface area contributed by atoms with Gasteiger partial charge in [-0.2, -0.15) is 0 Å². The van der Waals surface area contributed by atoms with Gasteiger partial charge in [0.15, 0.2) is 0 Å². The third-order valence-corrected chi connectivity index (χ3v) is 5.35. The van der Waals surface area contributed by atoms with Gasteiger partial charge >= 0.3 is 5.97 Å². The van der Waals surface area contributed by atoms with E-state index in [2.05, 4.69) is 5.32 Å². The number of ether oxygens (including phenoxy) is 1. The second-order valence-electron chi connectivity index (χ2n) is 7.21. The van der Waals surface area contributed by atoms with E-state index < -0.39 is 17.2 Å². The van der Waals surface area contributed by atoms with E-state index >= 15 is 0 Å². The molecule has 4 rings (SSSR count). The highest BCUT2D eigenvalue weighted by Gasteiger charge is 2.20. The lowest BCUT2D eigenvalue weighted by atomic mass is 10.1. The van der Waals surface area contributed by atoms with Crippen LogP contribution < -0.4 is 20.4 Å². The number of aromatic nitrogens is 1. The summed E-state index contributed by atoms with van der Waals surface area (Å²) in [6, 6.07) is 10.2. The van der Waals surface area contributed by atoms with Crippen molar-refractivity contribution in [2.75, 3.05) is 38.2 Å². The molecule has 31 heavy (non-hydrogen) atoms. The number of hydrogen-bond acceptors (Lipinski definition) is 5. The molecule has 2 N–H and O–H groups in total. The van der Waals surface area contributed by atoms with E-state index in [0.29, 0.717) is 36.6 Å². The van der Waals surface area contributed by atoms with E-state index in [0.717, 1.165) is 24.7 Å². The summed E-state index contributed by atoms with van der Waals surface area (Å²) in [6.07, 6.45) is 1.33. The standard InChI is InChI=1S/C22H22FN3O4.ClH/c1-30-15-4-2-14(3-5-15)12-26-13-17(22(28)29)21(27)16-10-18(23)20(11-19(16)26)25-8-6-24-7-9-25;/h2-5,10-11,13,24H,6-9,12H2,1H3,(H,28,29);1H. The second kappa shape index (κ2) is 9.36. The molecule has 2 aromatic carbocycles. The molecule has 1 fully saturated rings. The van der Waals surface area contributed by atoms with E-state index in [1.165, 1.54) is 6.20 Å². The summed E-state index contributed by atoms with van der Waals surface area (Å²) in [5.74, 6) is -1.16. The quantitative estimate of drug-likeness (QED) is 0.625. The van der Waals surface area contributed by atoms with Gasteiger partial charge in [0.25, 0.3) is 0 Å². The molecule has 9 heteroatoms. The van der Waals surface area contributed by atoms with Crippen LogP contribution in [0.4, 0.5) is 10.1 Å². The lowest BCUT2D eigenvalue weighted by Crippen LogP contribution is -2.43. The first-order valence-electron chi connectivity index (χ1n) is 9.66. The van der Waals surface area contributed by atoms with Crippen LogP contribution in [-0.4, -0.2) is 48.9 Å². The smallest absolute Gasteiger partial charge is 0.341 e. The number of benzene rings is 2. The van der Waals surface area contributed by atoms with Gasteiger partial charge in [0, 0.05) is 44.3 Å². The van der Waals surface area contributed by atoms with Crippen molar-refractivity contribution in [2.45, 2.75) is 6.54 Å². The lowest BCUT2D eigenvalue weighted by Gasteiger charge is -2.30. The van der Waals surface area contributed by atoms with Crippen LogP contribution in [0.5, 0.6) is 5.75 Å². The number of carboxylic acid groups (broad SMARTS) is 1. The third kappa shape index (κ3) is 4.50. The summed E-state index contributed by atoms with van der Waals surface area (Å²) in [5, 5.41) is 12.8. The van der Waals surface area contributed by atoms with E-state index in [9.17, 15) is 19.1 Å². The van der Waals surface area contributed by atoms with Gasteiger partial charge in [-0.1, -0.05) is 12.1 Å². The molecule has 0 unspecified atom stereocenters. The van der Waals surface area contributed by atoms with Gasteiger partial charge in [-0.3, -0.25) is 4.79 Å². The van der Waals surface area contributed by atoms with Crippen LogP contribution in [-0.2, 0) is 6.54 Å². The number of rotatable bonds is 5. The average Bonchev–Trinajstić information content (AvgIpc) is 2.76. The fourth-order valence-corrected chi connectivity index (χ4v) is 3.76. The second-order valence-corrected chi connectivity index (χ2v) is 7.21. The number of carboxylic acids is 1. The van der Waals surface area contributed by atoms with Crippen molar-refractivity contribution in [1.29, 1.82) is 0 Å². The summed E-state index contributed by atoms with van der Waals surface area (Å²) in [7, 11) is 1.58. The monoisotopic (exact) mass is 447 g/mol. The van der Waals surface area contributed by atoms with Gasteiger partial charge < -0.3 is 24.6 Å². The predicted molar refractivity (Wildman–Crippen MR) is 120 cm³/mol. The molecule has 1 saturated heterocycles. The van der Waals surface area contributed by atoms with Crippen LogP contribution in [0.2, 0.25) is 0 Å². The minimum absolute atomic E-state index is 0.